The van der Waals surface area contributed by atoms with Crippen molar-refractivity contribution < 1.29 is 17.9 Å². The van der Waals surface area contributed by atoms with Gasteiger partial charge in [-0.3, -0.25) is 9.10 Å². The molecule has 0 radical (unpaired) electrons. The van der Waals surface area contributed by atoms with Crippen LogP contribution in [0.4, 0.5) is 11.4 Å². The van der Waals surface area contributed by atoms with E-state index in [9.17, 15) is 13.2 Å². The van der Waals surface area contributed by atoms with E-state index in [0.29, 0.717) is 17.0 Å². The van der Waals surface area contributed by atoms with Gasteiger partial charge in [-0.15, -0.1) is 0 Å². The zero-order valence-corrected chi connectivity index (χ0v) is 15.0. The summed E-state index contributed by atoms with van der Waals surface area (Å²) in [7, 11) is -0.551. The van der Waals surface area contributed by atoms with E-state index in [1.165, 1.54) is 25.2 Å². The summed E-state index contributed by atoms with van der Waals surface area (Å²) in [5, 5.41) is 2.97. The summed E-state index contributed by atoms with van der Waals surface area (Å²) in [5.41, 5.74) is 1.12. The molecule has 0 heterocycles. The molecule has 8 heteroatoms. The Labute approximate surface area is 146 Å². The minimum absolute atomic E-state index is 0.238. The van der Waals surface area contributed by atoms with Gasteiger partial charge in [-0.1, -0.05) is 11.6 Å². The Morgan fingerprint density at radius 2 is 1.79 bits per heavy atom. The van der Waals surface area contributed by atoms with Gasteiger partial charge >= 0.3 is 0 Å². The minimum Gasteiger partial charge on any atom is -0.497 e. The minimum atomic E-state index is -3.48. The number of halogens is 1. The summed E-state index contributed by atoms with van der Waals surface area (Å²) in [4.78, 5) is 12.4. The van der Waals surface area contributed by atoms with Crippen LogP contribution in [0.25, 0.3) is 0 Å². The van der Waals surface area contributed by atoms with E-state index in [1.54, 1.807) is 31.4 Å². The lowest BCUT2D eigenvalue weighted by Gasteiger charge is -2.18. The van der Waals surface area contributed by atoms with Gasteiger partial charge in [0.2, 0.25) is 10.0 Å². The fraction of sp³-hybridized carbons (Fsp3) is 0.188. The Hall–Kier alpha value is -2.25. The van der Waals surface area contributed by atoms with E-state index in [1.807, 2.05) is 0 Å². The number of methoxy groups -OCH3 is 1. The lowest BCUT2D eigenvalue weighted by atomic mass is 10.2. The molecule has 0 spiro atoms. The van der Waals surface area contributed by atoms with E-state index >= 15 is 0 Å². The zero-order valence-electron chi connectivity index (χ0n) is 13.4. The highest BCUT2D eigenvalue weighted by molar-refractivity contribution is 7.92. The van der Waals surface area contributed by atoms with E-state index < -0.39 is 10.0 Å². The van der Waals surface area contributed by atoms with Crippen molar-refractivity contribution in [2.75, 3.05) is 30.0 Å². The molecular weight excluding hydrogens is 352 g/mol. The van der Waals surface area contributed by atoms with E-state index in [2.05, 4.69) is 5.32 Å². The van der Waals surface area contributed by atoms with Gasteiger partial charge in [0.1, 0.15) is 5.75 Å². The maximum absolute atomic E-state index is 12.4. The molecule has 0 fully saturated rings. The number of carbonyl (C=O) groups is 1. The van der Waals surface area contributed by atoms with Crippen molar-refractivity contribution in [3.8, 4) is 5.75 Å². The summed E-state index contributed by atoms with van der Waals surface area (Å²) in [6.07, 6.45) is 1.06. The van der Waals surface area contributed by atoms with E-state index in [0.717, 1.165) is 10.6 Å². The van der Waals surface area contributed by atoms with Crippen LogP contribution in [0.5, 0.6) is 5.75 Å². The number of hydrogen-bond donors (Lipinski definition) is 1. The van der Waals surface area contributed by atoms with Gasteiger partial charge in [0.15, 0.2) is 0 Å². The first-order chi connectivity index (χ1) is 11.2. The second kappa shape index (κ2) is 7.11. The fourth-order valence-electron chi connectivity index (χ4n) is 1.95. The quantitative estimate of drug-likeness (QED) is 0.880. The number of hydrogen-bond acceptors (Lipinski definition) is 4. The number of carbonyl (C=O) groups excluding carboxylic acids is 1. The fourth-order valence-corrected chi connectivity index (χ4v) is 2.75. The standard InChI is InChI=1S/C16H17ClN2O4S/c1-19(24(3,21)22)15-10-11(4-9-14(15)17)16(20)18-12-5-7-13(23-2)8-6-12/h4-10H,1-3H3,(H,18,20). The SMILES string of the molecule is COc1ccc(NC(=O)c2ccc(Cl)c(N(C)S(C)(=O)=O)c2)cc1. The highest BCUT2D eigenvalue weighted by Gasteiger charge is 2.17. The Morgan fingerprint density at radius 1 is 1.17 bits per heavy atom. The number of benzene rings is 2. The van der Waals surface area contributed by atoms with Crippen LogP contribution in [-0.2, 0) is 10.0 Å². The van der Waals surface area contributed by atoms with Gasteiger partial charge in [0.05, 0.1) is 24.1 Å². The molecule has 6 nitrogen and oxygen atoms in total. The van der Waals surface area contributed by atoms with Crippen molar-refractivity contribution in [3.63, 3.8) is 0 Å². The molecule has 2 aromatic carbocycles. The van der Waals surface area contributed by atoms with Crippen LogP contribution in [0.15, 0.2) is 42.5 Å². The maximum Gasteiger partial charge on any atom is 0.255 e. The zero-order chi connectivity index (χ0) is 17.9. The van der Waals surface area contributed by atoms with Gasteiger partial charge in [0.25, 0.3) is 5.91 Å². The molecule has 0 aliphatic rings. The van der Waals surface area contributed by atoms with Gasteiger partial charge in [0, 0.05) is 18.3 Å². The maximum atomic E-state index is 12.4. The number of ether oxygens (including phenoxy) is 1. The second-order valence-corrected chi connectivity index (χ2v) is 7.50. The third-order valence-corrected chi connectivity index (χ3v) is 4.90. The average molecular weight is 369 g/mol. The topological polar surface area (TPSA) is 75.7 Å². The van der Waals surface area contributed by atoms with Crippen LogP contribution >= 0.6 is 11.6 Å². The second-order valence-electron chi connectivity index (χ2n) is 5.08. The van der Waals surface area contributed by atoms with Crippen molar-refractivity contribution in [2.45, 2.75) is 0 Å². The number of nitrogens with one attached hydrogen (secondary N) is 1. The first-order valence-electron chi connectivity index (χ1n) is 6.91. The van der Waals surface area contributed by atoms with Crippen molar-refractivity contribution in [3.05, 3.63) is 53.1 Å². The van der Waals surface area contributed by atoms with Crippen LogP contribution in [0.1, 0.15) is 10.4 Å². The Balaban J connectivity index is 2.26. The van der Waals surface area contributed by atoms with Crippen molar-refractivity contribution in [2.24, 2.45) is 0 Å². The first kappa shape index (κ1) is 18.1. The molecule has 0 aliphatic heterocycles. The van der Waals surface area contributed by atoms with Gasteiger partial charge in [-0.25, -0.2) is 8.42 Å². The summed E-state index contributed by atoms with van der Waals surface area (Å²) in [6.45, 7) is 0. The van der Waals surface area contributed by atoms with Crippen LogP contribution in [0, 0.1) is 0 Å². The van der Waals surface area contributed by atoms with Gasteiger partial charge in [-0.05, 0) is 42.5 Å². The Morgan fingerprint density at radius 3 is 2.33 bits per heavy atom. The first-order valence-corrected chi connectivity index (χ1v) is 9.14. The number of amides is 1. The molecule has 0 bridgehead atoms. The highest BCUT2D eigenvalue weighted by Crippen LogP contribution is 2.28. The molecule has 0 saturated heterocycles. The smallest absolute Gasteiger partial charge is 0.255 e. The molecule has 2 aromatic rings. The van der Waals surface area contributed by atoms with Gasteiger partial charge in [-0.2, -0.15) is 0 Å². The predicted octanol–water partition coefficient (Wildman–Crippen LogP) is 3.00. The predicted molar refractivity (Wildman–Crippen MR) is 95.6 cm³/mol. The van der Waals surface area contributed by atoms with Crippen LogP contribution in [-0.4, -0.2) is 34.7 Å². The molecule has 1 N–H and O–H groups in total. The van der Waals surface area contributed by atoms with E-state index in [-0.39, 0.29) is 16.6 Å². The molecule has 2 rings (SSSR count). The monoisotopic (exact) mass is 368 g/mol. The molecule has 0 unspecified atom stereocenters. The Bertz CT molecular complexity index is 851. The summed E-state index contributed by atoms with van der Waals surface area (Å²) in [5.74, 6) is 0.302. The van der Waals surface area contributed by atoms with Crippen LogP contribution in [0.2, 0.25) is 5.02 Å². The Kier molecular flexibility index (Phi) is 5.36. The molecule has 0 aliphatic carbocycles. The molecule has 0 saturated carbocycles. The number of nitrogens with zero attached hydrogens (tertiary/aromatic N) is 1. The van der Waals surface area contributed by atoms with Crippen molar-refractivity contribution in [1.29, 1.82) is 0 Å². The van der Waals surface area contributed by atoms with Crippen LogP contribution < -0.4 is 14.4 Å². The average Bonchev–Trinajstić information content (AvgIpc) is 2.54. The number of sulfonamides is 1. The third kappa shape index (κ3) is 4.18. The number of rotatable bonds is 5. The molecule has 0 atom stereocenters. The molecule has 24 heavy (non-hydrogen) atoms. The van der Waals surface area contributed by atoms with Crippen LogP contribution in [0.3, 0.4) is 0 Å². The lowest BCUT2D eigenvalue weighted by Crippen LogP contribution is -2.25. The molecule has 128 valence electrons. The molecular formula is C16H17ClN2O4S. The third-order valence-electron chi connectivity index (χ3n) is 3.39. The summed E-state index contributed by atoms with van der Waals surface area (Å²) >= 11 is 6.04. The van der Waals surface area contributed by atoms with E-state index in [4.69, 9.17) is 16.3 Å². The summed E-state index contributed by atoms with van der Waals surface area (Å²) in [6, 6.07) is 11.3. The largest absolute Gasteiger partial charge is 0.497 e. The summed E-state index contributed by atoms with van der Waals surface area (Å²) < 4.78 is 29.4. The molecule has 0 aromatic heterocycles. The van der Waals surface area contributed by atoms with Crippen molar-refractivity contribution >= 4 is 38.9 Å². The molecule has 1 amide bonds. The van der Waals surface area contributed by atoms with Gasteiger partial charge < -0.3 is 10.1 Å². The van der Waals surface area contributed by atoms with Crippen molar-refractivity contribution in [1.82, 2.24) is 0 Å². The normalized spacial score (nSPS) is 11.0. The number of anilines is 2. The lowest BCUT2D eigenvalue weighted by molar-refractivity contribution is 0.102. The highest BCUT2D eigenvalue weighted by atomic mass is 35.5.